The number of hydrogen-bond donors (Lipinski definition) is 0. The van der Waals surface area contributed by atoms with E-state index in [9.17, 15) is 8.42 Å². The van der Waals surface area contributed by atoms with Gasteiger partial charge in [0.25, 0.3) is 0 Å². The number of anilines is 1. The summed E-state index contributed by atoms with van der Waals surface area (Å²) in [5, 5.41) is 8.93. The third-order valence-electron chi connectivity index (χ3n) is 6.95. The second-order valence-electron chi connectivity index (χ2n) is 8.98. The van der Waals surface area contributed by atoms with Gasteiger partial charge in [0.05, 0.1) is 11.4 Å². The number of hydrogen-bond acceptors (Lipinski definition) is 6. The Kier molecular flexibility index (Phi) is 4.40. The first-order chi connectivity index (χ1) is 13.0. The lowest BCUT2D eigenvalue weighted by molar-refractivity contribution is 0.329. The Hall–Kier alpha value is -1.25. The van der Waals surface area contributed by atoms with Crippen LogP contribution >= 0.6 is 0 Å². The van der Waals surface area contributed by atoms with E-state index >= 15 is 0 Å². The average molecular weight is 392 g/mol. The molecule has 1 aromatic rings. The van der Waals surface area contributed by atoms with Crippen molar-refractivity contribution < 1.29 is 8.42 Å². The summed E-state index contributed by atoms with van der Waals surface area (Å²) in [4.78, 5) is 4.76. The van der Waals surface area contributed by atoms with Gasteiger partial charge in [-0.25, -0.2) is 8.42 Å². The second kappa shape index (κ2) is 6.67. The Balaban J connectivity index is 1.30. The van der Waals surface area contributed by atoms with Gasteiger partial charge in [0.1, 0.15) is 0 Å². The molecule has 1 saturated carbocycles. The quantitative estimate of drug-likeness (QED) is 0.762. The molecule has 1 aliphatic carbocycles. The minimum atomic E-state index is -3.17. The molecule has 0 N–H and O–H groups in total. The Morgan fingerprint density at radius 2 is 1.85 bits per heavy atom. The van der Waals surface area contributed by atoms with Crippen LogP contribution in [0.25, 0.3) is 0 Å². The highest BCUT2D eigenvalue weighted by atomic mass is 32.2. The predicted molar refractivity (Wildman–Crippen MR) is 104 cm³/mol. The molecular formula is C19H29N5O2S. The zero-order valence-electron chi connectivity index (χ0n) is 16.0. The maximum absolute atomic E-state index is 12.8. The van der Waals surface area contributed by atoms with Gasteiger partial charge >= 0.3 is 0 Å². The number of likely N-dealkylation sites (tertiary alicyclic amines) is 1. The third-order valence-corrected chi connectivity index (χ3v) is 8.94. The number of nitrogens with zero attached hydrogens (tertiary/aromatic N) is 5. The zero-order chi connectivity index (χ0) is 18.6. The summed E-state index contributed by atoms with van der Waals surface area (Å²) in [6.07, 6.45) is 3.97. The Labute approximate surface area is 161 Å². The standard InChI is InChI=1S/C19H29N5O2S/c1-22-8-16-10-23(11-17(16)9-22)19-7-15-12-24(6-5-18(15)20-21-19)27(25,26)13-14-3-2-4-14/h7,14,16-17H,2-6,8-13H2,1H3/t16-,17+. The zero-order valence-corrected chi connectivity index (χ0v) is 16.9. The number of sulfonamides is 1. The molecule has 7 nitrogen and oxygen atoms in total. The Morgan fingerprint density at radius 3 is 2.52 bits per heavy atom. The van der Waals surface area contributed by atoms with Gasteiger partial charge in [-0.1, -0.05) is 6.42 Å². The fraction of sp³-hybridized carbons (Fsp3) is 0.789. The van der Waals surface area contributed by atoms with Gasteiger partial charge in [-0.15, -0.1) is 5.10 Å². The topological polar surface area (TPSA) is 69.6 Å². The molecule has 4 aliphatic rings. The molecule has 5 rings (SSSR count). The lowest BCUT2D eigenvalue weighted by atomic mass is 9.87. The molecule has 0 amide bonds. The van der Waals surface area contributed by atoms with E-state index in [-0.39, 0.29) is 0 Å². The lowest BCUT2D eigenvalue weighted by Crippen LogP contribution is -2.40. The van der Waals surface area contributed by atoms with Crippen molar-refractivity contribution in [3.8, 4) is 0 Å². The summed E-state index contributed by atoms with van der Waals surface area (Å²) in [6, 6.07) is 2.10. The molecule has 27 heavy (non-hydrogen) atoms. The van der Waals surface area contributed by atoms with Crippen molar-refractivity contribution in [2.24, 2.45) is 17.8 Å². The van der Waals surface area contributed by atoms with Crippen LogP contribution < -0.4 is 4.90 Å². The summed E-state index contributed by atoms with van der Waals surface area (Å²) in [6.45, 7) is 5.38. The van der Waals surface area contributed by atoms with Gasteiger partial charge in [-0.05, 0) is 49.3 Å². The molecule has 1 aromatic heterocycles. The van der Waals surface area contributed by atoms with Gasteiger partial charge in [-0.2, -0.15) is 9.40 Å². The predicted octanol–water partition coefficient (Wildman–Crippen LogP) is 0.962. The van der Waals surface area contributed by atoms with E-state index in [1.165, 1.54) is 6.42 Å². The largest absolute Gasteiger partial charge is 0.354 e. The van der Waals surface area contributed by atoms with Crippen LogP contribution in [0.2, 0.25) is 0 Å². The highest BCUT2D eigenvalue weighted by molar-refractivity contribution is 7.89. The third kappa shape index (κ3) is 3.36. The summed E-state index contributed by atoms with van der Waals surface area (Å²) >= 11 is 0. The van der Waals surface area contributed by atoms with Crippen molar-refractivity contribution in [3.05, 3.63) is 17.3 Å². The summed E-state index contributed by atoms with van der Waals surface area (Å²) in [7, 11) is -0.976. The summed E-state index contributed by atoms with van der Waals surface area (Å²) in [5.41, 5.74) is 2.01. The molecule has 3 fully saturated rings. The van der Waals surface area contributed by atoms with Crippen molar-refractivity contribution >= 4 is 15.8 Å². The first-order valence-electron chi connectivity index (χ1n) is 10.2. The molecule has 8 heteroatoms. The molecule has 0 aromatic carbocycles. The highest BCUT2D eigenvalue weighted by Gasteiger charge is 2.39. The minimum absolute atomic E-state index is 0.316. The van der Waals surface area contributed by atoms with Crippen molar-refractivity contribution in [1.29, 1.82) is 0 Å². The SMILES string of the molecule is CN1C[C@@H]2CN(c3cc4c(nn3)CCN(S(=O)(=O)CC3CCC3)C4)C[C@@H]2C1. The number of aromatic nitrogens is 2. The molecule has 2 saturated heterocycles. The van der Waals surface area contributed by atoms with Gasteiger partial charge < -0.3 is 9.80 Å². The second-order valence-corrected chi connectivity index (χ2v) is 11.0. The average Bonchev–Trinajstić information content (AvgIpc) is 3.15. The van der Waals surface area contributed by atoms with Gasteiger partial charge in [0.15, 0.2) is 5.82 Å². The molecule has 2 atom stereocenters. The monoisotopic (exact) mass is 391 g/mol. The van der Waals surface area contributed by atoms with Crippen LogP contribution in [0, 0.1) is 17.8 Å². The van der Waals surface area contributed by atoms with Gasteiger partial charge in [-0.3, -0.25) is 0 Å². The van der Waals surface area contributed by atoms with Gasteiger partial charge in [0.2, 0.25) is 10.0 Å². The molecular weight excluding hydrogens is 362 g/mol. The first-order valence-corrected chi connectivity index (χ1v) is 11.9. The molecule has 4 heterocycles. The van der Waals surface area contributed by atoms with Crippen LogP contribution in [0.4, 0.5) is 5.82 Å². The lowest BCUT2D eigenvalue weighted by Gasteiger charge is -2.32. The Bertz CT molecular complexity index is 811. The summed E-state index contributed by atoms with van der Waals surface area (Å²) < 4.78 is 27.2. The molecule has 0 bridgehead atoms. The summed E-state index contributed by atoms with van der Waals surface area (Å²) in [5.74, 6) is 3.03. The van der Waals surface area contributed by atoms with E-state index < -0.39 is 10.0 Å². The molecule has 3 aliphatic heterocycles. The van der Waals surface area contributed by atoms with Crippen molar-refractivity contribution in [1.82, 2.24) is 19.4 Å². The van der Waals surface area contributed by atoms with Crippen molar-refractivity contribution in [3.63, 3.8) is 0 Å². The maximum atomic E-state index is 12.8. The fourth-order valence-electron chi connectivity index (χ4n) is 5.16. The molecule has 0 unspecified atom stereocenters. The maximum Gasteiger partial charge on any atom is 0.214 e. The van der Waals surface area contributed by atoms with Gasteiger partial charge in [0, 0.05) is 45.7 Å². The molecule has 148 valence electrons. The number of fused-ring (bicyclic) bond motifs is 2. The minimum Gasteiger partial charge on any atom is -0.354 e. The highest BCUT2D eigenvalue weighted by Crippen LogP contribution is 2.34. The van der Waals surface area contributed by atoms with E-state index in [0.717, 1.165) is 56.1 Å². The van der Waals surface area contributed by atoms with Crippen LogP contribution in [0.3, 0.4) is 0 Å². The van der Waals surface area contributed by atoms with Crippen LogP contribution in [-0.2, 0) is 23.0 Å². The first kappa shape index (κ1) is 17.8. The van der Waals surface area contributed by atoms with Crippen molar-refractivity contribution in [2.45, 2.75) is 32.2 Å². The molecule has 0 radical (unpaired) electrons. The normalized spacial score (nSPS) is 29.6. The van der Waals surface area contributed by atoms with E-state index in [4.69, 9.17) is 0 Å². The van der Waals surface area contributed by atoms with Crippen LogP contribution in [0.15, 0.2) is 6.07 Å². The number of rotatable bonds is 4. The van der Waals surface area contributed by atoms with E-state index in [1.807, 2.05) is 0 Å². The van der Waals surface area contributed by atoms with Crippen LogP contribution in [-0.4, -0.2) is 73.3 Å². The van der Waals surface area contributed by atoms with E-state index in [2.05, 4.69) is 33.1 Å². The van der Waals surface area contributed by atoms with Crippen LogP contribution in [0.1, 0.15) is 30.5 Å². The fourth-order valence-corrected chi connectivity index (χ4v) is 7.01. The van der Waals surface area contributed by atoms with E-state index in [1.54, 1.807) is 4.31 Å². The Morgan fingerprint density at radius 1 is 1.11 bits per heavy atom. The van der Waals surface area contributed by atoms with Crippen LogP contribution in [0.5, 0.6) is 0 Å². The molecule has 0 spiro atoms. The van der Waals surface area contributed by atoms with Crippen molar-refractivity contribution in [2.75, 3.05) is 50.4 Å². The smallest absolute Gasteiger partial charge is 0.214 e. The van der Waals surface area contributed by atoms with E-state index in [0.29, 0.717) is 43.0 Å².